The highest BCUT2D eigenvalue weighted by Gasteiger charge is 2.27. The van der Waals surface area contributed by atoms with E-state index in [0.717, 1.165) is 30.8 Å². The van der Waals surface area contributed by atoms with E-state index in [4.69, 9.17) is 0 Å². The van der Waals surface area contributed by atoms with Crippen LogP contribution < -0.4 is 5.32 Å². The first kappa shape index (κ1) is 22.9. The number of carbonyl (C=O) groups is 2. The number of amides is 2. The van der Waals surface area contributed by atoms with Gasteiger partial charge in [-0.1, -0.05) is 41.5 Å². The SMILES string of the molecule is CC(C)(C)CC(=O)NC1CCCN(C(=O)c2cccn3cncc23)C1.CC(C)C. The van der Waals surface area contributed by atoms with E-state index < -0.39 is 0 Å². The number of hydrogen-bond donors (Lipinski definition) is 1. The average Bonchev–Trinajstić information content (AvgIpc) is 3.08. The first-order chi connectivity index (χ1) is 13.6. The maximum Gasteiger partial charge on any atom is 0.256 e. The standard InChI is InChI=1S/C19H26N4O2.C4H10/c1-19(2,3)10-17(24)21-14-6-4-8-22(12-14)18(25)15-7-5-9-23-13-20-11-16(15)23;1-4(2)3/h5,7,9,11,13-14H,4,6,8,10,12H2,1-3H3,(H,21,24);4H,1-3H3. The summed E-state index contributed by atoms with van der Waals surface area (Å²) < 4.78 is 1.85. The summed E-state index contributed by atoms with van der Waals surface area (Å²) in [6.07, 6.45) is 7.58. The second kappa shape index (κ2) is 9.90. The number of likely N-dealkylation sites (tertiary alicyclic amines) is 1. The number of carbonyl (C=O) groups excluding carboxylic acids is 2. The van der Waals surface area contributed by atoms with Gasteiger partial charge in [0.25, 0.3) is 5.91 Å². The molecule has 0 aliphatic carbocycles. The van der Waals surface area contributed by atoms with Crippen molar-refractivity contribution in [2.75, 3.05) is 13.1 Å². The van der Waals surface area contributed by atoms with Gasteiger partial charge in [0, 0.05) is 31.7 Å². The Morgan fingerprint density at radius 1 is 1.28 bits per heavy atom. The topological polar surface area (TPSA) is 66.7 Å². The van der Waals surface area contributed by atoms with Crippen molar-refractivity contribution in [2.45, 2.75) is 66.8 Å². The first-order valence-electron chi connectivity index (χ1n) is 10.6. The summed E-state index contributed by atoms with van der Waals surface area (Å²) >= 11 is 0. The number of nitrogens with one attached hydrogen (secondary N) is 1. The van der Waals surface area contributed by atoms with Crippen molar-refractivity contribution in [3.8, 4) is 0 Å². The number of aromatic nitrogens is 2. The molecule has 0 saturated carbocycles. The van der Waals surface area contributed by atoms with Crippen LogP contribution in [0.5, 0.6) is 0 Å². The third kappa shape index (κ3) is 7.18. The second-order valence-electron chi connectivity index (χ2n) is 9.74. The van der Waals surface area contributed by atoms with Crippen molar-refractivity contribution < 1.29 is 9.59 Å². The Bertz CT molecular complexity index is 817. The van der Waals surface area contributed by atoms with Gasteiger partial charge in [-0.05, 0) is 36.3 Å². The van der Waals surface area contributed by atoms with E-state index in [9.17, 15) is 9.59 Å². The van der Waals surface area contributed by atoms with Gasteiger partial charge in [0.15, 0.2) is 0 Å². The van der Waals surface area contributed by atoms with Crippen molar-refractivity contribution in [3.05, 3.63) is 36.4 Å². The van der Waals surface area contributed by atoms with E-state index in [0.29, 0.717) is 18.5 Å². The minimum absolute atomic E-state index is 0.000806. The third-order valence-corrected chi connectivity index (χ3v) is 4.45. The smallest absolute Gasteiger partial charge is 0.256 e. The number of imidazole rings is 1. The summed E-state index contributed by atoms with van der Waals surface area (Å²) in [6, 6.07) is 3.72. The lowest BCUT2D eigenvalue weighted by Crippen LogP contribution is -2.50. The Morgan fingerprint density at radius 2 is 1.97 bits per heavy atom. The van der Waals surface area contributed by atoms with E-state index in [1.807, 2.05) is 27.6 Å². The molecule has 2 aromatic rings. The Balaban J connectivity index is 0.000000687. The lowest BCUT2D eigenvalue weighted by atomic mass is 9.91. The Morgan fingerprint density at radius 3 is 2.62 bits per heavy atom. The number of rotatable bonds is 3. The summed E-state index contributed by atoms with van der Waals surface area (Å²) in [4.78, 5) is 31.1. The largest absolute Gasteiger partial charge is 0.352 e. The molecule has 2 aromatic heterocycles. The molecule has 3 heterocycles. The highest BCUT2D eigenvalue weighted by Crippen LogP contribution is 2.20. The van der Waals surface area contributed by atoms with E-state index in [1.54, 1.807) is 12.5 Å². The Hall–Kier alpha value is -2.37. The second-order valence-corrected chi connectivity index (χ2v) is 9.74. The average molecular weight is 401 g/mol. The molecule has 29 heavy (non-hydrogen) atoms. The molecule has 3 rings (SSSR count). The predicted molar refractivity (Wildman–Crippen MR) is 117 cm³/mol. The lowest BCUT2D eigenvalue weighted by Gasteiger charge is -2.34. The zero-order valence-corrected chi connectivity index (χ0v) is 18.7. The fourth-order valence-electron chi connectivity index (χ4n) is 3.34. The van der Waals surface area contributed by atoms with Crippen LogP contribution >= 0.6 is 0 Å². The van der Waals surface area contributed by atoms with Crippen LogP contribution in [0.25, 0.3) is 5.52 Å². The Kier molecular flexibility index (Phi) is 7.82. The van der Waals surface area contributed by atoms with Crippen LogP contribution in [-0.4, -0.2) is 45.2 Å². The molecule has 2 amide bonds. The van der Waals surface area contributed by atoms with Crippen LogP contribution in [-0.2, 0) is 4.79 Å². The Labute approximate surface area is 174 Å². The molecule has 1 aliphatic rings. The monoisotopic (exact) mass is 400 g/mol. The third-order valence-electron chi connectivity index (χ3n) is 4.45. The van der Waals surface area contributed by atoms with Crippen molar-refractivity contribution in [2.24, 2.45) is 11.3 Å². The molecule has 1 N–H and O–H groups in total. The maximum absolute atomic E-state index is 12.9. The molecule has 1 saturated heterocycles. The number of fused-ring (bicyclic) bond motifs is 1. The quantitative estimate of drug-likeness (QED) is 0.841. The van der Waals surface area contributed by atoms with E-state index in [2.05, 4.69) is 51.8 Å². The van der Waals surface area contributed by atoms with Crippen LogP contribution in [0.15, 0.2) is 30.9 Å². The fourth-order valence-corrected chi connectivity index (χ4v) is 3.34. The van der Waals surface area contributed by atoms with Gasteiger partial charge in [-0.3, -0.25) is 9.59 Å². The van der Waals surface area contributed by atoms with Crippen molar-refractivity contribution >= 4 is 17.3 Å². The van der Waals surface area contributed by atoms with Crippen LogP contribution in [0, 0.1) is 11.3 Å². The first-order valence-corrected chi connectivity index (χ1v) is 10.6. The van der Waals surface area contributed by atoms with Gasteiger partial charge in [0.2, 0.25) is 5.91 Å². The minimum Gasteiger partial charge on any atom is -0.352 e. The fraction of sp³-hybridized carbons (Fsp3) is 0.609. The number of pyridine rings is 1. The molecule has 0 aromatic carbocycles. The maximum atomic E-state index is 12.9. The van der Waals surface area contributed by atoms with Gasteiger partial charge in [0.05, 0.1) is 23.6 Å². The summed E-state index contributed by atoms with van der Waals surface area (Å²) in [5, 5.41) is 3.09. The van der Waals surface area contributed by atoms with E-state index in [1.165, 1.54) is 0 Å². The molecule has 0 spiro atoms. The highest BCUT2D eigenvalue weighted by molar-refractivity contribution is 6.00. The van der Waals surface area contributed by atoms with Gasteiger partial charge in [-0.25, -0.2) is 4.98 Å². The molecule has 0 radical (unpaired) electrons. The minimum atomic E-state index is -0.0358. The van der Waals surface area contributed by atoms with Gasteiger partial charge >= 0.3 is 0 Å². The van der Waals surface area contributed by atoms with Crippen LogP contribution in [0.2, 0.25) is 0 Å². The molecule has 160 valence electrons. The van der Waals surface area contributed by atoms with E-state index in [-0.39, 0.29) is 23.3 Å². The summed E-state index contributed by atoms with van der Waals surface area (Å²) in [7, 11) is 0. The van der Waals surface area contributed by atoms with Crippen LogP contribution in [0.3, 0.4) is 0 Å². The summed E-state index contributed by atoms with van der Waals surface area (Å²) in [5.41, 5.74) is 1.43. The van der Waals surface area contributed by atoms with Crippen molar-refractivity contribution in [1.82, 2.24) is 19.6 Å². The normalized spacial score (nSPS) is 17.1. The van der Waals surface area contributed by atoms with Gasteiger partial charge < -0.3 is 14.6 Å². The molecular weight excluding hydrogens is 364 g/mol. The summed E-state index contributed by atoms with van der Waals surface area (Å²) in [6.45, 7) is 13.9. The number of piperidine rings is 1. The zero-order valence-electron chi connectivity index (χ0n) is 18.7. The molecule has 1 unspecified atom stereocenters. The van der Waals surface area contributed by atoms with Crippen LogP contribution in [0.4, 0.5) is 0 Å². The van der Waals surface area contributed by atoms with Crippen molar-refractivity contribution in [1.29, 1.82) is 0 Å². The molecular formula is C23H36N4O2. The highest BCUT2D eigenvalue weighted by atomic mass is 16.2. The van der Waals surface area contributed by atoms with Gasteiger partial charge in [0.1, 0.15) is 0 Å². The molecule has 1 aliphatic heterocycles. The van der Waals surface area contributed by atoms with Crippen LogP contribution in [0.1, 0.15) is 71.2 Å². The molecule has 1 fully saturated rings. The molecule has 6 heteroatoms. The lowest BCUT2D eigenvalue weighted by molar-refractivity contribution is -0.123. The van der Waals surface area contributed by atoms with E-state index >= 15 is 0 Å². The molecule has 6 nitrogen and oxygen atoms in total. The van der Waals surface area contributed by atoms with Crippen molar-refractivity contribution in [3.63, 3.8) is 0 Å². The van der Waals surface area contributed by atoms with Gasteiger partial charge in [-0.2, -0.15) is 0 Å². The summed E-state index contributed by atoms with van der Waals surface area (Å²) in [5.74, 6) is 0.894. The number of hydrogen-bond acceptors (Lipinski definition) is 3. The zero-order chi connectivity index (χ0) is 21.6. The van der Waals surface area contributed by atoms with Gasteiger partial charge in [-0.15, -0.1) is 0 Å². The molecule has 0 bridgehead atoms. The molecule has 1 atom stereocenters. The predicted octanol–water partition coefficient (Wildman–Crippen LogP) is 4.15. The number of nitrogens with zero attached hydrogens (tertiary/aromatic N) is 3.